The van der Waals surface area contributed by atoms with Crippen LogP contribution in [0.2, 0.25) is 0 Å². The highest BCUT2D eigenvalue weighted by Gasteiger charge is 2.12. The maximum Gasteiger partial charge on any atom is 0.0968 e. The van der Waals surface area contributed by atoms with Crippen LogP contribution >= 0.6 is 0 Å². The molecule has 0 heterocycles. The average molecular weight is 147 g/mol. The maximum atomic E-state index is 4.95. The van der Waals surface area contributed by atoms with Crippen molar-refractivity contribution in [2.45, 2.75) is 6.17 Å². The van der Waals surface area contributed by atoms with Crippen molar-refractivity contribution in [2.24, 2.45) is 5.90 Å². The second-order valence-corrected chi connectivity index (χ2v) is 2.74. The molecule has 2 N–H and O–H groups in total. The normalized spacial score (nSPS) is 12.0. The van der Waals surface area contributed by atoms with Gasteiger partial charge in [0.1, 0.15) is 0 Å². The lowest BCUT2D eigenvalue weighted by molar-refractivity contribution is 0.0173. The molecule has 0 rings (SSSR count). The zero-order valence-electron chi connectivity index (χ0n) is 7.16. The second-order valence-electron chi connectivity index (χ2n) is 2.74. The average Bonchev–Trinajstić information content (AvgIpc) is 1.81. The van der Waals surface area contributed by atoms with Gasteiger partial charge in [-0.15, -0.1) is 0 Å². The zero-order valence-corrected chi connectivity index (χ0v) is 7.16. The molecule has 0 aliphatic heterocycles. The number of nitrogens with zero attached hydrogens (tertiary/aromatic N) is 2. The van der Waals surface area contributed by atoms with Crippen LogP contribution in [0.15, 0.2) is 0 Å². The van der Waals surface area contributed by atoms with Crippen LogP contribution in [0.5, 0.6) is 0 Å². The number of likely N-dealkylation sites (N-methyl/N-ethyl adjacent to an activating group) is 2. The molecular formula is C6H17N3O. The summed E-state index contributed by atoms with van der Waals surface area (Å²) in [5.41, 5.74) is 0. The van der Waals surface area contributed by atoms with Crippen molar-refractivity contribution in [3.05, 3.63) is 0 Å². The third-order valence-corrected chi connectivity index (χ3v) is 1.44. The smallest absolute Gasteiger partial charge is 0.0968 e. The molecule has 0 aromatic heterocycles. The van der Waals surface area contributed by atoms with E-state index in [0.29, 0.717) is 6.61 Å². The highest BCUT2D eigenvalue weighted by Crippen LogP contribution is 1.95. The Morgan fingerprint density at radius 2 is 1.60 bits per heavy atom. The van der Waals surface area contributed by atoms with E-state index in [1.807, 2.05) is 38.0 Å². The fourth-order valence-corrected chi connectivity index (χ4v) is 0.846. The summed E-state index contributed by atoms with van der Waals surface area (Å²) < 4.78 is 0. The van der Waals surface area contributed by atoms with E-state index in [0.717, 1.165) is 0 Å². The topological polar surface area (TPSA) is 41.7 Å². The van der Waals surface area contributed by atoms with Gasteiger partial charge >= 0.3 is 0 Å². The standard InChI is InChI=1S/C6H17N3O/c1-8(2)6(5-10-7)9(3)4/h6H,5,7H2,1-4H3. The SMILES string of the molecule is CN(C)C(CON)N(C)C. The highest BCUT2D eigenvalue weighted by atomic mass is 16.6. The van der Waals surface area contributed by atoms with Gasteiger partial charge < -0.3 is 4.84 Å². The van der Waals surface area contributed by atoms with E-state index in [9.17, 15) is 0 Å². The van der Waals surface area contributed by atoms with Crippen LogP contribution in [0.3, 0.4) is 0 Å². The van der Waals surface area contributed by atoms with Crippen molar-refractivity contribution in [3.8, 4) is 0 Å². The Kier molecular flexibility index (Phi) is 4.55. The monoisotopic (exact) mass is 147 g/mol. The van der Waals surface area contributed by atoms with Crippen LogP contribution in [0.1, 0.15) is 0 Å². The molecule has 0 aromatic carbocycles. The molecule has 0 fully saturated rings. The lowest BCUT2D eigenvalue weighted by Crippen LogP contribution is -2.44. The predicted octanol–water partition coefficient (Wildman–Crippen LogP) is -0.674. The number of rotatable bonds is 4. The molecule has 10 heavy (non-hydrogen) atoms. The van der Waals surface area contributed by atoms with Crippen LogP contribution in [-0.4, -0.2) is 50.8 Å². The summed E-state index contributed by atoms with van der Waals surface area (Å²) in [6.07, 6.45) is 0.255. The van der Waals surface area contributed by atoms with Gasteiger partial charge in [-0.2, -0.15) is 0 Å². The Balaban J connectivity index is 3.73. The molecule has 0 saturated heterocycles. The summed E-state index contributed by atoms with van der Waals surface area (Å²) in [5, 5.41) is 0. The van der Waals surface area contributed by atoms with E-state index in [1.165, 1.54) is 0 Å². The molecule has 0 unspecified atom stereocenters. The van der Waals surface area contributed by atoms with Gasteiger partial charge in [0, 0.05) is 0 Å². The molecule has 4 heteroatoms. The minimum Gasteiger partial charge on any atom is -0.302 e. The summed E-state index contributed by atoms with van der Waals surface area (Å²) in [4.78, 5) is 8.64. The molecule has 0 aliphatic carbocycles. The fraction of sp³-hybridized carbons (Fsp3) is 1.00. The first-order valence-electron chi connectivity index (χ1n) is 3.24. The van der Waals surface area contributed by atoms with Gasteiger partial charge in [-0.25, -0.2) is 5.90 Å². The summed E-state index contributed by atoms with van der Waals surface area (Å²) in [6.45, 7) is 0.528. The van der Waals surface area contributed by atoms with E-state index >= 15 is 0 Å². The van der Waals surface area contributed by atoms with Crippen LogP contribution in [-0.2, 0) is 4.84 Å². The van der Waals surface area contributed by atoms with Gasteiger partial charge in [-0.05, 0) is 28.2 Å². The number of hydrogen-bond acceptors (Lipinski definition) is 4. The van der Waals surface area contributed by atoms with Crippen molar-refractivity contribution >= 4 is 0 Å². The molecule has 0 aliphatic rings. The lowest BCUT2D eigenvalue weighted by atomic mass is 10.4. The van der Waals surface area contributed by atoms with Crippen molar-refractivity contribution < 1.29 is 4.84 Å². The van der Waals surface area contributed by atoms with Crippen LogP contribution in [0.4, 0.5) is 0 Å². The van der Waals surface area contributed by atoms with Crippen molar-refractivity contribution in [3.63, 3.8) is 0 Å². The third kappa shape index (κ3) is 3.12. The zero-order chi connectivity index (χ0) is 8.15. The minimum absolute atomic E-state index is 0.255. The highest BCUT2D eigenvalue weighted by molar-refractivity contribution is 4.60. The first-order chi connectivity index (χ1) is 4.59. The van der Waals surface area contributed by atoms with Crippen LogP contribution < -0.4 is 5.90 Å². The summed E-state index contributed by atoms with van der Waals surface area (Å²) in [5.74, 6) is 4.95. The predicted molar refractivity (Wildman–Crippen MR) is 41.3 cm³/mol. The van der Waals surface area contributed by atoms with Gasteiger partial charge in [0.25, 0.3) is 0 Å². The van der Waals surface area contributed by atoms with Gasteiger partial charge in [0.05, 0.1) is 12.8 Å². The van der Waals surface area contributed by atoms with E-state index in [1.54, 1.807) is 0 Å². The molecule has 0 aromatic rings. The van der Waals surface area contributed by atoms with Crippen LogP contribution in [0.25, 0.3) is 0 Å². The molecule has 62 valence electrons. The largest absolute Gasteiger partial charge is 0.302 e. The Labute approximate surface area is 62.5 Å². The van der Waals surface area contributed by atoms with E-state index < -0.39 is 0 Å². The van der Waals surface area contributed by atoms with Crippen molar-refractivity contribution in [1.29, 1.82) is 0 Å². The quantitative estimate of drug-likeness (QED) is 0.423. The molecule has 0 atom stereocenters. The Morgan fingerprint density at radius 3 is 1.70 bits per heavy atom. The van der Waals surface area contributed by atoms with Gasteiger partial charge in [0.2, 0.25) is 0 Å². The van der Waals surface area contributed by atoms with Gasteiger partial charge in [-0.3, -0.25) is 9.80 Å². The fourth-order valence-electron chi connectivity index (χ4n) is 0.846. The number of hydrogen-bond donors (Lipinski definition) is 1. The minimum atomic E-state index is 0.255. The Hall–Kier alpha value is -0.160. The molecule has 0 saturated carbocycles. The lowest BCUT2D eigenvalue weighted by Gasteiger charge is -2.29. The van der Waals surface area contributed by atoms with Crippen molar-refractivity contribution in [2.75, 3.05) is 34.8 Å². The maximum absolute atomic E-state index is 4.95. The Bertz CT molecular complexity index is 77.1. The second kappa shape index (κ2) is 4.62. The Morgan fingerprint density at radius 1 is 1.20 bits per heavy atom. The summed E-state index contributed by atoms with van der Waals surface area (Å²) in [7, 11) is 7.96. The van der Waals surface area contributed by atoms with E-state index in [-0.39, 0.29) is 6.17 Å². The van der Waals surface area contributed by atoms with Crippen molar-refractivity contribution in [1.82, 2.24) is 9.80 Å². The summed E-state index contributed by atoms with van der Waals surface area (Å²) in [6, 6.07) is 0. The molecule has 0 bridgehead atoms. The van der Waals surface area contributed by atoms with E-state index in [2.05, 4.69) is 4.84 Å². The van der Waals surface area contributed by atoms with Gasteiger partial charge in [-0.1, -0.05) is 0 Å². The third-order valence-electron chi connectivity index (χ3n) is 1.44. The van der Waals surface area contributed by atoms with Gasteiger partial charge in [0.15, 0.2) is 0 Å². The summed E-state index contributed by atoms with van der Waals surface area (Å²) >= 11 is 0. The molecule has 0 spiro atoms. The molecule has 0 amide bonds. The number of nitrogens with two attached hydrogens (primary N) is 1. The van der Waals surface area contributed by atoms with E-state index in [4.69, 9.17) is 5.90 Å². The first kappa shape index (κ1) is 9.84. The first-order valence-corrected chi connectivity index (χ1v) is 3.24. The molecular weight excluding hydrogens is 130 g/mol. The molecule has 0 radical (unpaired) electrons. The molecule has 4 nitrogen and oxygen atoms in total. The van der Waals surface area contributed by atoms with Crippen LogP contribution in [0, 0.1) is 0 Å².